The second-order valence-corrected chi connectivity index (χ2v) is 8.78. The number of ketones is 1. The van der Waals surface area contributed by atoms with Gasteiger partial charge in [0.05, 0.1) is 5.52 Å². The maximum Gasteiger partial charge on any atom is 0.229 e. The first kappa shape index (κ1) is 24.1. The van der Waals surface area contributed by atoms with Crippen molar-refractivity contribution < 1.29 is 9.59 Å². The van der Waals surface area contributed by atoms with Gasteiger partial charge in [0.2, 0.25) is 6.41 Å². The Kier molecular flexibility index (Phi) is 7.53. The Hall–Kier alpha value is -4.03. The molecule has 178 valence electrons. The van der Waals surface area contributed by atoms with Crippen LogP contribution in [0.3, 0.4) is 0 Å². The van der Waals surface area contributed by atoms with E-state index in [0.717, 1.165) is 62.3 Å². The van der Waals surface area contributed by atoms with Crippen molar-refractivity contribution in [3.05, 3.63) is 107 Å². The van der Waals surface area contributed by atoms with Gasteiger partial charge in [-0.3, -0.25) is 14.6 Å². The summed E-state index contributed by atoms with van der Waals surface area (Å²) in [6.45, 7) is 3.99. The van der Waals surface area contributed by atoms with Gasteiger partial charge in [-0.1, -0.05) is 42.5 Å². The smallest absolute Gasteiger partial charge is 0.229 e. The zero-order valence-corrected chi connectivity index (χ0v) is 20.1. The third-order valence-corrected chi connectivity index (χ3v) is 6.38. The number of fused-ring (bicyclic) bond motifs is 1. The normalized spacial score (nSPS) is 15.2. The average molecular weight is 467 g/mol. The molecule has 0 spiro atoms. The highest BCUT2D eigenvalue weighted by molar-refractivity contribution is 5.92. The Balaban J connectivity index is 1.79. The highest BCUT2D eigenvalue weighted by Crippen LogP contribution is 2.29. The Morgan fingerprint density at radius 3 is 2.63 bits per heavy atom. The molecule has 1 aliphatic rings. The highest BCUT2D eigenvalue weighted by Gasteiger charge is 2.21. The van der Waals surface area contributed by atoms with E-state index in [4.69, 9.17) is 5.84 Å². The van der Waals surface area contributed by atoms with Crippen molar-refractivity contribution in [2.45, 2.75) is 39.5 Å². The average Bonchev–Trinajstić information content (AvgIpc) is 2.90. The van der Waals surface area contributed by atoms with Crippen LogP contribution in [0.4, 0.5) is 0 Å². The number of amides is 1. The highest BCUT2D eigenvalue weighted by atomic mass is 16.1. The molecular formula is C29H30N4O2. The fourth-order valence-corrected chi connectivity index (χ4v) is 4.32. The molecule has 2 aromatic carbocycles. The molecule has 4 rings (SSSR count). The van der Waals surface area contributed by atoms with E-state index in [2.05, 4.69) is 16.4 Å². The van der Waals surface area contributed by atoms with Crippen LogP contribution in [0, 0.1) is 0 Å². The number of nitrogens with two attached hydrogens (primary N) is 1. The predicted molar refractivity (Wildman–Crippen MR) is 139 cm³/mol. The number of carbonyl (C=O) groups is 2. The number of hydrogen-bond donors (Lipinski definition) is 2. The van der Waals surface area contributed by atoms with E-state index < -0.39 is 0 Å². The minimum atomic E-state index is 0.0963. The van der Waals surface area contributed by atoms with Crippen LogP contribution >= 0.6 is 0 Å². The second kappa shape index (κ2) is 10.9. The van der Waals surface area contributed by atoms with Gasteiger partial charge in [0, 0.05) is 35.7 Å². The molecule has 0 unspecified atom stereocenters. The number of rotatable bonds is 8. The molecule has 1 aromatic heterocycles. The molecule has 0 atom stereocenters. The van der Waals surface area contributed by atoms with Crippen LogP contribution in [0.1, 0.15) is 44.2 Å². The number of nitrogens with zero attached hydrogens (tertiary/aromatic N) is 2. The van der Waals surface area contributed by atoms with E-state index in [1.54, 1.807) is 12.3 Å². The van der Waals surface area contributed by atoms with E-state index in [1.807, 2.05) is 68.4 Å². The van der Waals surface area contributed by atoms with Crippen molar-refractivity contribution >= 4 is 28.7 Å². The molecule has 1 heterocycles. The maximum atomic E-state index is 12.3. The molecule has 1 aliphatic carbocycles. The first-order valence-electron chi connectivity index (χ1n) is 11.8. The summed E-state index contributed by atoms with van der Waals surface area (Å²) in [5.74, 6) is 6.75. The molecule has 0 saturated heterocycles. The standard InChI is InChI=1S/C29H30N4O2/c1-20(23-13-14-28-25(17-23)11-7-15-31-28)21(2)32-29(33(30)19-34)27(16-22-8-4-3-5-9-22)24-10-6-12-26(35)18-24/h3-5,7-9,11,13-15,17-19,32H,6,10,12,16,30H2,1-2H3/b21-20+,29-27+. The van der Waals surface area contributed by atoms with Crippen LogP contribution < -0.4 is 11.2 Å². The summed E-state index contributed by atoms with van der Waals surface area (Å²) in [5.41, 5.74) is 6.67. The molecule has 0 fully saturated rings. The molecule has 3 aromatic rings. The number of allylic oxidation sites excluding steroid dienone is 5. The zero-order chi connectivity index (χ0) is 24.8. The number of hydrazine groups is 1. The first-order valence-corrected chi connectivity index (χ1v) is 11.8. The molecule has 0 radical (unpaired) electrons. The molecule has 6 heteroatoms. The van der Waals surface area contributed by atoms with Crippen molar-refractivity contribution in [2.75, 3.05) is 0 Å². The SMILES string of the molecule is C/C(N/C(=C(/Cc1ccccc1)C1=CC(=O)CCC1)N(N)C=O)=C(/C)c1ccc2ncccc2c1. The lowest BCUT2D eigenvalue weighted by Gasteiger charge is -2.26. The van der Waals surface area contributed by atoms with Gasteiger partial charge >= 0.3 is 0 Å². The second-order valence-electron chi connectivity index (χ2n) is 8.78. The molecule has 0 bridgehead atoms. The Morgan fingerprint density at radius 2 is 1.89 bits per heavy atom. The van der Waals surface area contributed by atoms with Crippen molar-refractivity contribution in [1.29, 1.82) is 0 Å². The summed E-state index contributed by atoms with van der Waals surface area (Å²) in [4.78, 5) is 28.5. The monoisotopic (exact) mass is 466 g/mol. The Morgan fingerprint density at radius 1 is 1.09 bits per heavy atom. The summed E-state index contributed by atoms with van der Waals surface area (Å²) in [6.07, 6.45) is 6.68. The van der Waals surface area contributed by atoms with E-state index in [1.165, 1.54) is 0 Å². The quantitative estimate of drug-likeness (QED) is 0.210. The summed E-state index contributed by atoms with van der Waals surface area (Å²) >= 11 is 0. The van der Waals surface area contributed by atoms with Crippen LogP contribution in [0.5, 0.6) is 0 Å². The molecule has 0 saturated carbocycles. The van der Waals surface area contributed by atoms with Gasteiger partial charge in [0.25, 0.3) is 0 Å². The first-order chi connectivity index (χ1) is 17.0. The number of benzene rings is 2. The van der Waals surface area contributed by atoms with Crippen molar-refractivity contribution in [2.24, 2.45) is 5.84 Å². The molecular weight excluding hydrogens is 436 g/mol. The van der Waals surface area contributed by atoms with Crippen LogP contribution in [0.25, 0.3) is 16.5 Å². The zero-order valence-electron chi connectivity index (χ0n) is 20.1. The molecule has 1 amide bonds. The molecule has 35 heavy (non-hydrogen) atoms. The van der Waals surface area contributed by atoms with Gasteiger partial charge in [0.1, 0.15) is 5.82 Å². The molecule has 0 aliphatic heterocycles. The number of nitrogens with one attached hydrogen (secondary N) is 1. The Labute approximate surface area is 205 Å². The molecule has 3 N–H and O–H groups in total. The largest absolute Gasteiger partial charge is 0.344 e. The topological polar surface area (TPSA) is 88.3 Å². The minimum absolute atomic E-state index is 0.0963. The van der Waals surface area contributed by atoms with Crippen molar-refractivity contribution in [1.82, 2.24) is 15.3 Å². The molecule has 6 nitrogen and oxygen atoms in total. The van der Waals surface area contributed by atoms with Gasteiger partial charge in [-0.15, -0.1) is 0 Å². The van der Waals surface area contributed by atoms with Gasteiger partial charge in [0.15, 0.2) is 5.78 Å². The van der Waals surface area contributed by atoms with Gasteiger partial charge in [-0.2, -0.15) is 0 Å². The van der Waals surface area contributed by atoms with E-state index in [-0.39, 0.29) is 5.78 Å². The van der Waals surface area contributed by atoms with Gasteiger partial charge in [-0.25, -0.2) is 10.9 Å². The number of pyridine rings is 1. The van der Waals surface area contributed by atoms with Crippen molar-refractivity contribution in [3.63, 3.8) is 0 Å². The lowest BCUT2D eigenvalue weighted by Crippen LogP contribution is -2.37. The Bertz CT molecular complexity index is 1340. The summed E-state index contributed by atoms with van der Waals surface area (Å²) in [7, 11) is 0. The van der Waals surface area contributed by atoms with Crippen LogP contribution in [-0.2, 0) is 16.0 Å². The van der Waals surface area contributed by atoms with Crippen LogP contribution in [-0.4, -0.2) is 22.2 Å². The van der Waals surface area contributed by atoms with E-state index >= 15 is 0 Å². The summed E-state index contributed by atoms with van der Waals surface area (Å²) in [6, 6.07) is 20.1. The number of carbonyl (C=O) groups excluding carboxylic acids is 2. The van der Waals surface area contributed by atoms with E-state index in [0.29, 0.717) is 25.1 Å². The maximum absolute atomic E-state index is 12.3. The van der Waals surface area contributed by atoms with E-state index in [9.17, 15) is 9.59 Å². The lowest BCUT2D eigenvalue weighted by atomic mass is 9.89. The minimum Gasteiger partial charge on any atom is -0.344 e. The lowest BCUT2D eigenvalue weighted by molar-refractivity contribution is -0.117. The third kappa shape index (κ3) is 5.73. The van der Waals surface area contributed by atoms with Crippen molar-refractivity contribution in [3.8, 4) is 0 Å². The third-order valence-electron chi connectivity index (χ3n) is 6.38. The van der Waals surface area contributed by atoms with Gasteiger partial charge in [-0.05, 0) is 73.2 Å². The fraction of sp³-hybridized carbons (Fsp3) is 0.207. The summed E-state index contributed by atoms with van der Waals surface area (Å²) in [5, 5.41) is 5.53. The fourth-order valence-electron chi connectivity index (χ4n) is 4.32. The summed E-state index contributed by atoms with van der Waals surface area (Å²) < 4.78 is 0. The van der Waals surface area contributed by atoms with Crippen LogP contribution in [0.15, 0.2) is 95.6 Å². The van der Waals surface area contributed by atoms with Gasteiger partial charge < -0.3 is 5.32 Å². The van der Waals surface area contributed by atoms with Crippen LogP contribution in [0.2, 0.25) is 0 Å². The number of hydrogen-bond acceptors (Lipinski definition) is 5. The number of aromatic nitrogens is 1. The predicted octanol–water partition coefficient (Wildman–Crippen LogP) is 5.04.